The van der Waals surface area contributed by atoms with Gasteiger partial charge in [0, 0.05) is 12.0 Å². The zero-order valence-corrected chi connectivity index (χ0v) is 8.03. The Bertz CT molecular complexity index is 354. The van der Waals surface area contributed by atoms with Crippen molar-refractivity contribution in [2.75, 3.05) is 0 Å². The smallest absolute Gasteiger partial charge is 0.248 e. The molecule has 1 aromatic carbocycles. The summed E-state index contributed by atoms with van der Waals surface area (Å²) in [6.45, 7) is 1.93. The minimum atomic E-state index is -0.441. The van der Waals surface area contributed by atoms with Crippen LogP contribution in [0.2, 0.25) is 0 Å². The van der Waals surface area contributed by atoms with Gasteiger partial charge in [-0.1, -0.05) is 6.92 Å². The fourth-order valence-corrected chi connectivity index (χ4v) is 0.945. The van der Waals surface area contributed by atoms with Gasteiger partial charge in [-0.25, -0.2) is 4.99 Å². The van der Waals surface area contributed by atoms with Crippen molar-refractivity contribution in [1.29, 1.82) is 0 Å². The normalized spacial score (nSPS) is 11.4. The average Bonchev–Trinajstić information content (AvgIpc) is 2.18. The lowest BCUT2D eigenvalue weighted by Crippen LogP contribution is -2.10. The Labute approximate surface area is 82.6 Å². The first kappa shape index (κ1) is 10.2. The number of nitrogens with zero attached hydrogens (tertiary/aromatic N) is 1. The SMILES string of the molecule is CCC(N)=Nc1ccc(C(N)=O)cc1. The molecule has 4 nitrogen and oxygen atoms in total. The lowest BCUT2D eigenvalue weighted by molar-refractivity contribution is 0.100. The highest BCUT2D eigenvalue weighted by atomic mass is 16.1. The number of hydrogen-bond acceptors (Lipinski definition) is 2. The Balaban J connectivity index is 2.89. The van der Waals surface area contributed by atoms with Gasteiger partial charge in [-0.2, -0.15) is 0 Å². The molecule has 14 heavy (non-hydrogen) atoms. The van der Waals surface area contributed by atoms with E-state index in [9.17, 15) is 4.79 Å². The molecule has 0 heterocycles. The van der Waals surface area contributed by atoms with Crippen molar-refractivity contribution in [2.45, 2.75) is 13.3 Å². The maximum absolute atomic E-state index is 10.8. The van der Waals surface area contributed by atoms with Crippen LogP contribution in [0.15, 0.2) is 29.3 Å². The Kier molecular flexibility index (Phi) is 3.23. The van der Waals surface area contributed by atoms with Crippen LogP contribution in [0.25, 0.3) is 0 Å². The molecule has 4 N–H and O–H groups in total. The van der Waals surface area contributed by atoms with E-state index in [0.717, 1.165) is 5.69 Å². The highest BCUT2D eigenvalue weighted by Crippen LogP contribution is 2.12. The van der Waals surface area contributed by atoms with Crippen molar-refractivity contribution in [2.24, 2.45) is 16.5 Å². The number of rotatable bonds is 3. The second-order valence-electron chi connectivity index (χ2n) is 2.87. The fourth-order valence-electron chi connectivity index (χ4n) is 0.945. The van der Waals surface area contributed by atoms with Crippen LogP contribution in [0.3, 0.4) is 0 Å². The van der Waals surface area contributed by atoms with Gasteiger partial charge in [0.2, 0.25) is 5.91 Å². The lowest BCUT2D eigenvalue weighted by Gasteiger charge is -1.98. The molecular weight excluding hydrogens is 178 g/mol. The first-order valence-electron chi connectivity index (χ1n) is 4.36. The summed E-state index contributed by atoms with van der Waals surface area (Å²) in [4.78, 5) is 14.9. The molecule has 4 heteroatoms. The van der Waals surface area contributed by atoms with Gasteiger partial charge in [0.15, 0.2) is 0 Å². The van der Waals surface area contributed by atoms with Crippen LogP contribution in [-0.2, 0) is 0 Å². The van der Waals surface area contributed by atoms with Crippen molar-refractivity contribution in [3.63, 3.8) is 0 Å². The molecule has 0 aliphatic heterocycles. The van der Waals surface area contributed by atoms with Gasteiger partial charge in [0.1, 0.15) is 0 Å². The summed E-state index contributed by atoms with van der Waals surface area (Å²) in [7, 11) is 0. The van der Waals surface area contributed by atoms with Crippen LogP contribution >= 0.6 is 0 Å². The molecule has 0 radical (unpaired) electrons. The van der Waals surface area contributed by atoms with Crippen LogP contribution in [0.5, 0.6) is 0 Å². The van der Waals surface area contributed by atoms with Crippen molar-refractivity contribution < 1.29 is 4.79 Å². The standard InChI is InChI=1S/C10H13N3O/c1-2-9(11)13-8-5-3-7(4-6-8)10(12)14/h3-6H,2H2,1H3,(H2,11,13)(H2,12,14). The Morgan fingerprint density at radius 1 is 1.29 bits per heavy atom. The van der Waals surface area contributed by atoms with Crippen LogP contribution in [0.1, 0.15) is 23.7 Å². The van der Waals surface area contributed by atoms with Gasteiger partial charge in [0.25, 0.3) is 0 Å². The van der Waals surface area contributed by atoms with E-state index in [2.05, 4.69) is 4.99 Å². The molecule has 0 spiro atoms. The van der Waals surface area contributed by atoms with E-state index < -0.39 is 5.91 Å². The minimum absolute atomic E-state index is 0.441. The quantitative estimate of drug-likeness (QED) is 0.555. The molecule has 0 fully saturated rings. The summed E-state index contributed by atoms with van der Waals surface area (Å²) >= 11 is 0. The van der Waals surface area contributed by atoms with Gasteiger partial charge in [0.05, 0.1) is 11.5 Å². The zero-order chi connectivity index (χ0) is 10.6. The summed E-state index contributed by atoms with van der Waals surface area (Å²) in [6.07, 6.45) is 0.706. The predicted molar refractivity (Wildman–Crippen MR) is 56.5 cm³/mol. The minimum Gasteiger partial charge on any atom is -0.387 e. The maximum atomic E-state index is 10.8. The van der Waals surface area contributed by atoms with Gasteiger partial charge < -0.3 is 11.5 Å². The van der Waals surface area contributed by atoms with E-state index in [1.807, 2.05) is 6.92 Å². The van der Waals surface area contributed by atoms with E-state index in [0.29, 0.717) is 17.8 Å². The van der Waals surface area contributed by atoms with Crippen molar-refractivity contribution >= 4 is 17.4 Å². The third-order valence-electron chi connectivity index (χ3n) is 1.79. The van der Waals surface area contributed by atoms with Crippen LogP contribution < -0.4 is 11.5 Å². The second-order valence-corrected chi connectivity index (χ2v) is 2.87. The Morgan fingerprint density at radius 3 is 2.29 bits per heavy atom. The second kappa shape index (κ2) is 4.41. The molecule has 0 unspecified atom stereocenters. The Hall–Kier alpha value is -1.84. The summed E-state index contributed by atoms with van der Waals surface area (Å²) in [5.41, 5.74) is 11.9. The highest BCUT2D eigenvalue weighted by Gasteiger charge is 1.98. The molecular formula is C10H13N3O. The number of nitrogens with two attached hydrogens (primary N) is 2. The summed E-state index contributed by atoms with van der Waals surface area (Å²) in [6, 6.07) is 6.68. The maximum Gasteiger partial charge on any atom is 0.248 e. The number of benzene rings is 1. The molecule has 0 aliphatic carbocycles. The first-order valence-corrected chi connectivity index (χ1v) is 4.36. The van der Waals surface area contributed by atoms with E-state index in [4.69, 9.17) is 11.5 Å². The zero-order valence-electron chi connectivity index (χ0n) is 8.03. The first-order chi connectivity index (χ1) is 6.63. The number of carbonyl (C=O) groups is 1. The van der Waals surface area contributed by atoms with Gasteiger partial charge in [-0.05, 0) is 24.3 Å². The van der Waals surface area contributed by atoms with Crippen LogP contribution in [0.4, 0.5) is 5.69 Å². The highest BCUT2D eigenvalue weighted by molar-refractivity contribution is 5.93. The van der Waals surface area contributed by atoms with E-state index >= 15 is 0 Å². The number of aliphatic imine (C=N–C) groups is 1. The van der Waals surface area contributed by atoms with E-state index in [1.54, 1.807) is 24.3 Å². The van der Waals surface area contributed by atoms with Crippen molar-refractivity contribution in [1.82, 2.24) is 0 Å². The molecule has 0 aromatic heterocycles. The molecule has 1 rings (SSSR count). The molecule has 0 saturated carbocycles. The fraction of sp³-hybridized carbons (Fsp3) is 0.200. The van der Waals surface area contributed by atoms with Crippen molar-refractivity contribution in [3.05, 3.63) is 29.8 Å². The largest absolute Gasteiger partial charge is 0.387 e. The molecule has 0 bridgehead atoms. The molecule has 74 valence electrons. The Morgan fingerprint density at radius 2 is 1.86 bits per heavy atom. The number of primary amides is 1. The van der Waals surface area contributed by atoms with Gasteiger partial charge >= 0.3 is 0 Å². The summed E-state index contributed by atoms with van der Waals surface area (Å²) < 4.78 is 0. The summed E-state index contributed by atoms with van der Waals surface area (Å²) in [5, 5.41) is 0. The van der Waals surface area contributed by atoms with Gasteiger partial charge in [-0.15, -0.1) is 0 Å². The van der Waals surface area contributed by atoms with E-state index in [1.165, 1.54) is 0 Å². The molecule has 0 aliphatic rings. The average molecular weight is 191 g/mol. The third-order valence-corrected chi connectivity index (χ3v) is 1.79. The number of hydrogen-bond donors (Lipinski definition) is 2. The number of carbonyl (C=O) groups excluding carboxylic acids is 1. The molecule has 0 saturated heterocycles. The topological polar surface area (TPSA) is 81.5 Å². The predicted octanol–water partition coefficient (Wildman–Crippen LogP) is 1.18. The number of amides is 1. The third kappa shape index (κ3) is 2.58. The van der Waals surface area contributed by atoms with E-state index in [-0.39, 0.29) is 0 Å². The summed E-state index contributed by atoms with van der Waals surface area (Å²) in [5.74, 6) is 0.126. The van der Waals surface area contributed by atoms with Crippen molar-refractivity contribution in [3.8, 4) is 0 Å². The molecule has 1 aromatic rings. The lowest BCUT2D eigenvalue weighted by atomic mass is 10.2. The molecule has 0 atom stereocenters. The van der Waals surface area contributed by atoms with Crippen LogP contribution in [0, 0.1) is 0 Å². The molecule has 1 amide bonds. The van der Waals surface area contributed by atoms with Crippen LogP contribution in [-0.4, -0.2) is 11.7 Å². The monoisotopic (exact) mass is 191 g/mol. The number of amidine groups is 1. The van der Waals surface area contributed by atoms with Gasteiger partial charge in [-0.3, -0.25) is 4.79 Å².